The summed E-state index contributed by atoms with van der Waals surface area (Å²) in [7, 11) is 0. The molecule has 0 bridgehead atoms. The van der Waals surface area contributed by atoms with E-state index in [0.29, 0.717) is 18.8 Å². The molecule has 2 rings (SSSR count). The molecular formula is C15H26F2O. The van der Waals surface area contributed by atoms with Crippen molar-refractivity contribution in [3.8, 4) is 0 Å². The minimum atomic E-state index is -2.48. The number of hydrogen-bond acceptors (Lipinski definition) is 1. The van der Waals surface area contributed by atoms with Crippen molar-refractivity contribution in [1.29, 1.82) is 0 Å². The van der Waals surface area contributed by atoms with Crippen molar-refractivity contribution >= 4 is 0 Å². The number of hydrogen-bond donors (Lipinski definition) is 1. The molecule has 0 aromatic heterocycles. The first-order chi connectivity index (χ1) is 8.57. The molecule has 0 amide bonds. The van der Waals surface area contributed by atoms with E-state index in [1.54, 1.807) is 0 Å². The number of rotatable bonds is 3. The maximum atomic E-state index is 13.3. The van der Waals surface area contributed by atoms with Gasteiger partial charge in [0.25, 0.3) is 0 Å². The molecule has 0 saturated heterocycles. The quantitative estimate of drug-likeness (QED) is 0.739. The van der Waals surface area contributed by atoms with Crippen molar-refractivity contribution in [3.63, 3.8) is 0 Å². The highest BCUT2D eigenvalue weighted by molar-refractivity contribution is 4.82. The maximum absolute atomic E-state index is 13.3. The number of halogens is 2. The summed E-state index contributed by atoms with van der Waals surface area (Å²) in [5.41, 5.74) is 0. The van der Waals surface area contributed by atoms with Gasteiger partial charge in [-0.15, -0.1) is 0 Å². The lowest BCUT2D eigenvalue weighted by Gasteiger charge is -2.32. The zero-order chi connectivity index (χ0) is 13.0. The van der Waals surface area contributed by atoms with E-state index < -0.39 is 5.92 Å². The molecule has 2 fully saturated rings. The van der Waals surface area contributed by atoms with Crippen LogP contribution < -0.4 is 0 Å². The Kier molecular flexibility index (Phi) is 4.99. The topological polar surface area (TPSA) is 20.2 Å². The second-order valence-electron chi connectivity index (χ2n) is 6.37. The highest BCUT2D eigenvalue weighted by Gasteiger charge is 2.37. The van der Waals surface area contributed by atoms with Crippen molar-refractivity contribution in [3.05, 3.63) is 0 Å². The summed E-state index contributed by atoms with van der Waals surface area (Å²) < 4.78 is 26.7. The Morgan fingerprint density at radius 2 is 1.67 bits per heavy atom. The third-order valence-electron chi connectivity index (χ3n) is 4.76. The molecule has 0 heterocycles. The van der Waals surface area contributed by atoms with Crippen LogP contribution in [0.25, 0.3) is 0 Å². The lowest BCUT2D eigenvalue weighted by atomic mass is 9.80. The summed E-state index contributed by atoms with van der Waals surface area (Å²) in [6, 6.07) is 0. The van der Waals surface area contributed by atoms with Crippen LogP contribution in [0, 0.1) is 11.8 Å². The predicted molar refractivity (Wildman–Crippen MR) is 68.7 cm³/mol. The van der Waals surface area contributed by atoms with Gasteiger partial charge in [-0.1, -0.05) is 25.7 Å². The highest BCUT2D eigenvalue weighted by Crippen LogP contribution is 2.40. The van der Waals surface area contributed by atoms with Crippen molar-refractivity contribution < 1.29 is 13.9 Å². The average Bonchev–Trinajstić information content (AvgIpc) is 2.55. The van der Waals surface area contributed by atoms with Crippen molar-refractivity contribution in [2.75, 3.05) is 0 Å². The molecule has 106 valence electrons. The Balaban J connectivity index is 1.80. The molecule has 0 spiro atoms. The summed E-state index contributed by atoms with van der Waals surface area (Å²) in [6.45, 7) is 0. The fourth-order valence-corrected chi connectivity index (χ4v) is 3.71. The van der Waals surface area contributed by atoms with Gasteiger partial charge in [0.1, 0.15) is 0 Å². The molecule has 2 atom stereocenters. The Hall–Kier alpha value is -0.180. The highest BCUT2D eigenvalue weighted by atomic mass is 19.3. The Labute approximate surface area is 109 Å². The summed E-state index contributed by atoms with van der Waals surface area (Å²) >= 11 is 0. The first-order valence-electron chi connectivity index (χ1n) is 7.63. The van der Waals surface area contributed by atoms with Crippen LogP contribution in [0.1, 0.15) is 70.6 Å². The largest absolute Gasteiger partial charge is 0.393 e. The molecule has 2 saturated carbocycles. The van der Waals surface area contributed by atoms with Crippen LogP contribution in [0.2, 0.25) is 0 Å². The van der Waals surface area contributed by atoms with E-state index in [1.807, 2.05) is 0 Å². The first-order valence-corrected chi connectivity index (χ1v) is 7.63. The van der Waals surface area contributed by atoms with Crippen LogP contribution in [0.4, 0.5) is 8.78 Å². The van der Waals surface area contributed by atoms with Crippen LogP contribution >= 0.6 is 0 Å². The van der Waals surface area contributed by atoms with Crippen LogP contribution in [-0.2, 0) is 0 Å². The summed E-state index contributed by atoms with van der Waals surface area (Å²) in [6.07, 6.45) is 8.89. The van der Waals surface area contributed by atoms with Crippen molar-refractivity contribution in [2.45, 2.75) is 82.7 Å². The second kappa shape index (κ2) is 6.31. The van der Waals surface area contributed by atoms with Gasteiger partial charge in [-0.3, -0.25) is 0 Å². The van der Waals surface area contributed by atoms with Gasteiger partial charge in [0.15, 0.2) is 0 Å². The van der Waals surface area contributed by atoms with E-state index >= 15 is 0 Å². The molecule has 1 nitrogen and oxygen atoms in total. The molecule has 2 unspecified atom stereocenters. The second-order valence-corrected chi connectivity index (χ2v) is 6.37. The Bertz CT molecular complexity index is 247. The van der Waals surface area contributed by atoms with Gasteiger partial charge in [-0.05, 0) is 43.9 Å². The Morgan fingerprint density at radius 3 is 2.28 bits per heavy atom. The van der Waals surface area contributed by atoms with E-state index in [0.717, 1.165) is 19.3 Å². The SMILES string of the molecule is OC(CC1CCCC(F)(F)C1)C1CCCCCC1. The van der Waals surface area contributed by atoms with Crippen LogP contribution in [0.5, 0.6) is 0 Å². The number of alkyl halides is 2. The van der Waals surface area contributed by atoms with Crippen LogP contribution in [0.15, 0.2) is 0 Å². The van der Waals surface area contributed by atoms with E-state index in [2.05, 4.69) is 0 Å². The molecule has 3 heteroatoms. The minimum Gasteiger partial charge on any atom is -0.393 e. The zero-order valence-corrected chi connectivity index (χ0v) is 11.2. The van der Waals surface area contributed by atoms with Gasteiger partial charge in [0.05, 0.1) is 6.10 Å². The van der Waals surface area contributed by atoms with E-state index in [-0.39, 0.29) is 24.9 Å². The third kappa shape index (κ3) is 4.18. The lowest BCUT2D eigenvalue weighted by Crippen LogP contribution is -2.30. The zero-order valence-electron chi connectivity index (χ0n) is 11.2. The molecule has 18 heavy (non-hydrogen) atoms. The van der Waals surface area contributed by atoms with E-state index in [4.69, 9.17) is 0 Å². The molecule has 0 aromatic carbocycles. The van der Waals surface area contributed by atoms with Crippen LogP contribution in [-0.4, -0.2) is 17.1 Å². The standard InChI is InChI=1S/C15H26F2O/c16-15(17)9-5-6-12(11-15)10-14(18)13-7-3-1-2-4-8-13/h12-14,18H,1-11H2. The summed E-state index contributed by atoms with van der Waals surface area (Å²) in [5, 5.41) is 10.3. The van der Waals surface area contributed by atoms with Gasteiger partial charge in [-0.25, -0.2) is 8.78 Å². The third-order valence-corrected chi connectivity index (χ3v) is 4.76. The first kappa shape index (κ1) is 14.2. The fourth-order valence-electron chi connectivity index (χ4n) is 3.71. The van der Waals surface area contributed by atoms with Gasteiger partial charge in [0.2, 0.25) is 5.92 Å². The monoisotopic (exact) mass is 260 g/mol. The van der Waals surface area contributed by atoms with E-state index in [9.17, 15) is 13.9 Å². The molecule has 0 radical (unpaired) electrons. The van der Waals surface area contributed by atoms with Gasteiger partial charge < -0.3 is 5.11 Å². The fraction of sp³-hybridized carbons (Fsp3) is 1.00. The van der Waals surface area contributed by atoms with Gasteiger partial charge >= 0.3 is 0 Å². The lowest BCUT2D eigenvalue weighted by molar-refractivity contribution is -0.0620. The Morgan fingerprint density at radius 1 is 1.00 bits per heavy atom. The predicted octanol–water partition coefficient (Wildman–Crippen LogP) is 4.53. The van der Waals surface area contributed by atoms with Crippen LogP contribution in [0.3, 0.4) is 0 Å². The average molecular weight is 260 g/mol. The summed E-state index contributed by atoms with van der Waals surface area (Å²) in [5.74, 6) is -2.08. The molecule has 0 aromatic rings. The smallest absolute Gasteiger partial charge is 0.248 e. The number of aliphatic hydroxyl groups is 1. The molecule has 1 N–H and O–H groups in total. The number of aliphatic hydroxyl groups excluding tert-OH is 1. The van der Waals surface area contributed by atoms with E-state index in [1.165, 1.54) is 25.7 Å². The van der Waals surface area contributed by atoms with Gasteiger partial charge in [0, 0.05) is 12.8 Å². The van der Waals surface area contributed by atoms with Gasteiger partial charge in [-0.2, -0.15) is 0 Å². The molecular weight excluding hydrogens is 234 g/mol. The summed E-state index contributed by atoms with van der Waals surface area (Å²) in [4.78, 5) is 0. The van der Waals surface area contributed by atoms with Crippen molar-refractivity contribution in [1.82, 2.24) is 0 Å². The molecule has 2 aliphatic carbocycles. The maximum Gasteiger partial charge on any atom is 0.248 e. The molecule has 0 aliphatic heterocycles. The normalized spacial score (nSPS) is 31.8. The minimum absolute atomic E-state index is 0.00319. The molecule has 2 aliphatic rings. The van der Waals surface area contributed by atoms with Crippen molar-refractivity contribution in [2.24, 2.45) is 11.8 Å².